The summed E-state index contributed by atoms with van der Waals surface area (Å²) in [5.74, 6) is -0.986. The van der Waals surface area contributed by atoms with Gasteiger partial charge in [0, 0.05) is 13.1 Å². The molecule has 0 unspecified atom stereocenters. The van der Waals surface area contributed by atoms with Gasteiger partial charge in [0.05, 0.1) is 5.92 Å². The molecule has 36 heavy (non-hydrogen) atoms. The van der Waals surface area contributed by atoms with E-state index in [2.05, 4.69) is 30.1 Å². The van der Waals surface area contributed by atoms with E-state index in [-0.39, 0.29) is 23.0 Å². The molecule has 0 saturated carbocycles. The SMILES string of the molecule is C[C@H]1CN(C[C@H](Cc2ccccc2)C(=O)N[C@@H](CCCCN)C(=O)O)CC[C@@]1(C)c1cccc(O)c1. The number of carbonyl (C=O) groups excluding carboxylic acids is 1. The van der Waals surface area contributed by atoms with E-state index in [1.807, 2.05) is 42.5 Å². The van der Waals surface area contributed by atoms with E-state index in [0.29, 0.717) is 38.3 Å². The van der Waals surface area contributed by atoms with Gasteiger partial charge in [0.15, 0.2) is 0 Å². The van der Waals surface area contributed by atoms with Crippen LogP contribution in [0.5, 0.6) is 5.75 Å². The summed E-state index contributed by atoms with van der Waals surface area (Å²) < 4.78 is 0. The van der Waals surface area contributed by atoms with Gasteiger partial charge in [0.2, 0.25) is 5.91 Å². The van der Waals surface area contributed by atoms with E-state index >= 15 is 0 Å². The Morgan fingerprint density at radius 1 is 1.17 bits per heavy atom. The van der Waals surface area contributed by atoms with E-state index in [1.165, 1.54) is 0 Å². The van der Waals surface area contributed by atoms with Crippen molar-refractivity contribution in [2.24, 2.45) is 17.6 Å². The van der Waals surface area contributed by atoms with Crippen LogP contribution in [-0.4, -0.2) is 59.2 Å². The number of piperidine rings is 1. The number of amides is 1. The summed E-state index contributed by atoms with van der Waals surface area (Å²) in [6.07, 6.45) is 3.23. The lowest BCUT2D eigenvalue weighted by molar-refractivity contribution is -0.142. The smallest absolute Gasteiger partial charge is 0.326 e. The maximum absolute atomic E-state index is 13.4. The Morgan fingerprint density at radius 2 is 1.92 bits per heavy atom. The molecule has 4 atom stereocenters. The number of rotatable bonds is 12. The fourth-order valence-corrected chi connectivity index (χ4v) is 5.26. The minimum atomic E-state index is -1.01. The van der Waals surface area contributed by atoms with E-state index in [9.17, 15) is 19.8 Å². The van der Waals surface area contributed by atoms with Crippen molar-refractivity contribution in [3.63, 3.8) is 0 Å². The van der Waals surface area contributed by atoms with Crippen molar-refractivity contribution >= 4 is 11.9 Å². The van der Waals surface area contributed by atoms with E-state index in [4.69, 9.17) is 5.73 Å². The van der Waals surface area contributed by atoms with E-state index in [1.54, 1.807) is 6.07 Å². The average Bonchev–Trinajstić information content (AvgIpc) is 2.86. The second kappa shape index (κ2) is 12.9. The molecule has 2 aromatic carbocycles. The standard InChI is InChI=1S/C29H41N3O4/c1-21-19-32(16-14-29(21,2)24-11-8-12-25(33)18-24)20-23(17-22-9-4-3-5-10-22)27(34)31-26(28(35)36)13-6-7-15-30/h3-5,8-12,18,21,23,26,33H,6-7,13-17,19-20,30H2,1-2H3,(H,31,34)(H,35,36)/t21-,23-,26-,29+/m0/s1. The van der Waals surface area contributed by atoms with E-state index in [0.717, 1.165) is 37.1 Å². The highest BCUT2D eigenvalue weighted by Crippen LogP contribution is 2.40. The molecule has 1 saturated heterocycles. The molecule has 2 aromatic rings. The number of carbonyl (C=O) groups is 2. The number of nitrogens with zero attached hydrogens (tertiary/aromatic N) is 1. The van der Waals surface area contributed by atoms with Crippen LogP contribution in [0, 0.1) is 11.8 Å². The summed E-state index contributed by atoms with van der Waals surface area (Å²) >= 11 is 0. The van der Waals surface area contributed by atoms with Gasteiger partial charge in [0.25, 0.3) is 0 Å². The number of likely N-dealkylation sites (tertiary alicyclic amines) is 1. The first-order valence-corrected chi connectivity index (χ1v) is 13.0. The highest BCUT2D eigenvalue weighted by Gasteiger charge is 2.39. The van der Waals surface area contributed by atoms with Crippen molar-refractivity contribution < 1.29 is 19.8 Å². The van der Waals surface area contributed by atoms with Gasteiger partial charge in [0.1, 0.15) is 11.8 Å². The van der Waals surface area contributed by atoms with Crippen molar-refractivity contribution in [2.45, 2.75) is 57.4 Å². The number of phenols is 1. The number of carboxylic acid groups (broad SMARTS) is 1. The summed E-state index contributed by atoms with van der Waals surface area (Å²) in [6, 6.07) is 16.5. The molecule has 0 bridgehead atoms. The summed E-state index contributed by atoms with van der Waals surface area (Å²) in [4.78, 5) is 27.5. The summed E-state index contributed by atoms with van der Waals surface area (Å²) in [5.41, 5.74) is 7.68. The molecular formula is C29H41N3O4. The van der Waals surface area contributed by atoms with Gasteiger partial charge in [-0.25, -0.2) is 4.79 Å². The number of phenolic OH excluding ortho intramolecular Hbond substituents is 1. The number of hydrogen-bond donors (Lipinski definition) is 4. The summed E-state index contributed by atoms with van der Waals surface area (Å²) in [5, 5.41) is 22.5. The Balaban J connectivity index is 1.71. The molecule has 5 N–H and O–H groups in total. The second-order valence-electron chi connectivity index (χ2n) is 10.4. The number of nitrogens with one attached hydrogen (secondary N) is 1. The van der Waals surface area contributed by atoms with Gasteiger partial charge in [-0.3, -0.25) is 4.79 Å². The molecule has 0 radical (unpaired) electrons. The molecule has 0 spiro atoms. The molecule has 1 fully saturated rings. The Labute approximate surface area is 214 Å². The molecule has 196 valence electrons. The van der Waals surface area contributed by atoms with Gasteiger partial charge in [-0.1, -0.05) is 56.3 Å². The zero-order chi connectivity index (χ0) is 26.1. The Morgan fingerprint density at radius 3 is 2.56 bits per heavy atom. The number of carboxylic acids is 1. The molecular weight excluding hydrogens is 454 g/mol. The number of aromatic hydroxyl groups is 1. The molecule has 1 heterocycles. The Hall–Kier alpha value is -2.90. The minimum absolute atomic E-state index is 0.0657. The second-order valence-corrected chi connectivity index (χ2v) is 10.4. The molecule has 1 aliphatic rings. The summed E-state index contributed by atoms with van der Waals surface area (Å²) in [7, 11) is 0. The molecule has 0 aromatic heterocycles. The molecule has 0 aliphatic carbocycles. The normalized spacial score (nSPS) is 22.0. The first-order valence-electron chi connectivity index (χ1n) is 13.0. The Bertz CT molecular complexity index is 999. The van der Waals surface area contributed by atoms with Crippen LogP contribution in [-0.2, 0) is 21.4 Å². The number of nitrogens with two attached hydrogens (primary N) is 1. The average molecular weight is 496 g/mol. The van der Waals surface area contributed by atoms with Crippen LogP contribution >= 0.6 is 0 Å². The number of unbranched alkanes of at least 4 members (excludes halogenated alkanes) is 1. The lowest BCUT2D eigenvalue weighted by Gasteiger charge is -2.45. The number of hydrogen-bond acceptors (Lipinski definition) is 5. The van der Waals surface area contributed by atoms with Crippen molar-refractivity contribution in [2.75, 3.05) is 26.2 Å². The van der Waals surface area contributed by atoms with Crippen LogP contribution in [0.1, 0.15) is 50.7 Å². The van der Waals surface area contributed by atoms with E-state index < -0.39 is 12.0 Å². The van der Waals surface area contributed by atoms with Gasteiger partial charge in [-0.2, -0.15) is 0 Å². The first-order chi connectivity index (χ1) is 17.2. The quantitative estimate of drug-likeness (QED) is 0.335. The maximum atomic E-state index is 13.4. The third-order valence-corrected chi connectivity index (χ3v) is 7.81. The molecule has 3 rings (SSSR count). The van der Waals surface area contributed by atoms with Crippen molar-refractivity contribution in [3.05, 3.63) is 65.7 Å². The van der Waals surface area contributed by atoms with Gasteiger partial charge < -0.3 is 26.2 Å². The highest BCUT2D eigenvalue weighted by atomic mass is 16.4. The number of benzene rings is 2. The largest absolute Gasteiger partial charge is 0.508 e. The monoisotopic (exact) mass is 495 g/mol. The fraction of sp³-hybridized carbons (Fsp3) is 0.517. The van der Waals surface area contributed by atoms with Gasteiger partial charge >= 0.3 is 5.97 Å². The maximum Gasteiger partial charge on any atom is 0.326 e. The van der Waals surface area contributed by atoms with Crippen molar-refractivity contribution in [1.82, 2.24) is 10.2 Å². The van der Waals surface area contributed by atoms with Crippen LogP contribution in [0.25, 0.3) is 0 Å². The molecule has 1 aliphatic heterocycles. The van der Waals surface area contributed by atoms with Gasteiger partial charge in [-0.15, -0.1) is 0 Å². The fourth-order valence-electron chi connectivity index (χ4n) is 5.26. The zero-order valence-electron chi connectivity index (χ0n) is 21.5. The van der Waals surface area contributed by atoms with Crippen molar-refractivity contribution in [1.29, 1.82) is 0 Å². The van der Waals surface area contributed by atoms with Crippen LogP contribution in [0.15, 0.2) is 54.6 Å². The highest BCUT2D eigenvalue weighted by molar-refractivity contribution is 5.85. The predicted octanol–water partition coefficient (Wildman–Crippen LogP) is 3.55. The molecule has 7 nitrogen and oxygen atoms in total. The number of aliphatic carboxylic acids is 1. The lowest BCUT2D eigenvalue weighted by atomic mass is 9.68. The van der Waals surface area contributed by atoms with Crippen LogP contribution in [0.2, 0.25) is 0 Å². The van der Waals surface area contributed by atoms with Crippen LogP contribution in [0.4, 0.5) is 0 Å². The lowest BCUT2D eigenvalue weighted by Crippen LogP contribution is -2.51. The van der Waals surface area contributed by atoms with Crippen LogP contribution < -0.4 is 11.1 Å². The summed E-state index contributed by atoms with van der Waals surface area (Å²) in [6.45, 7) is 7.19. The van der Waals surface area contributed by atoms with Crippen molar-refractivity contribution in [3.8, 4) is 5.75 Å². The topological polar surface area (TPSA) is 116 Å². The zero-order valence-corrected chi connectivity index (χ0v) is 21.5. The van der Waals surface area contributed by atoms with Crippen LogP contribution in [0.3, 0.4) is 0 Å². The molecule has 7 heteroatoms. The first kappa shape index (κ1) is 27.7. The third-order valence-electron chi connectivity index (χ3n) is 7.81. The molecule has 1 amide bonds. The Kier molecular flexibility index (Phi) is 9.90. The predicted molar refractivity (Wildman–Crippen MR) is 142 cm³/mol. The minimum Gasteiger partial charge on any atom is -0.508 e. The third kappa shape index (κ3) is 7.31. The van der Waals surface area contributed by atoms with Gasteiger partial charge in [-0.05, 0) is 79.8 Å².